The fourth-order valence-electron chi connectivity index (χ4n) is 4.17. The van der Waals surface area contributed by atoms with Crippen LogP contribution in [0.2, 0.25) is 12.1 Å². The Hall–Kier alpha value is -1.08. The summed E-state index contributed by atoms with van der Waals surface area (Å²) in [5.74, 6) is 0. The first-order valence-electron chi connectivity index (χ1n) is 8.14. The van der Waals surface area contributed by atoms with E-state index in [0.717, 1.165) is 5.54 Å². The van der Waals surface area contributed by atoms with Crippen LogP contribution in [0.4, 0.5) is 0 Å². The quantitative estimate of drug-likeness (QED) is 0.675. The van der Waals surface area contributed by atoms with Crippen molar-refractivity contribution in [3.8, 4) is 0 Å². The van der Waals surface area contributed by atoms with Crippen molar-refractivity contribution in [2.24, 2.45) is 0 Å². The molecule has 2 aliphatic rings. The number of hydrogen-bond acceptors (Lipinski definition) is 0. The lowest BCUT2D eigenvalue weighted by Gasteiger charge is -2.40. The first kappa shape index (κ1) is 13.9. The summed E-state index contributed by atoms with van der Waals surface area (Å²) < 4.78 is 0. The maximum Gasteiger partial charge on any atom is 0.113 e. The van der Waals surface area contributed by atoms with Gasteiger partial charge in [0.25, 0.3) is 0 Å². The molecule has 0 bridgehead atoms. The molecule has 0 N–H and O–H groups in total. The van der Waals surface area contributed by atoms with E-state index in [0.29, 0.717) is 0 Å². The van der Waals surface area contributed by atoms with Gasteiger partial charge in [-0.15, -0.1) is 0 Å². The Morgan fingerprint density at radius 3 is 2.30 bits per heavy atom. The van der Waals surface area contributed by atoms with Gasteiger partial charge >= 0.3 is 0 Å². The van der Waals surface area contributed by atoms with Gasteiger partial charge in [-0.2, -0.15) is 0 Å². The van der Waals surface area contributed by atoms with Gasteiger partial charge in [0.15, 0.2) is 0 Å². The van der Waals surface area contributed by atoms with Gasteiger partial charge in [-0.1, -0.05) is 97.1 Å². The van der Waals surface area contributed by atoms with Crippen LogP contribution in [0.1, 0.15) is 45.4 Å². The average molecular weight is 283 g/mol. The minimum absolute atomic E-state index is 0.948. The zero-order chi connectivity index (χ0) is 14.0. The number of hydrogen-bond donors (Lipinski definition) is 0. The summed E-state index contributed by atoms with van der Waals surface area (Å²) in [6.07, 6.45) is 13.4. The van der Waals surface area contributed by atoms with Crippen LogP contribution in [0.15, 0.2) is 53.3 Å². The Balaban J connectivity index is 2.01. The molecule has 0 nitrogen and oxygen atoms in total. The summed E-state index contributed by atoms with van der Waals surface area (Å²) in [6, 6.07) is 11.4. The van der Waals surface area contributed by atoms with Gasteiger partial charge in [0.1, 0.15) is 8.07 Å². The molecule has 1 atom stereocenters. The summed E-state index contributed by atoms with van der Waals surface area (Å²) in [5.41, 5.74) is 2.43. The fraction of sp³-hybridized carbons (Fsp3) is 0.474. The zero-order valence-electron chi connectivity index (χ0n) is 12.9. The van der Waals surface area contributed by atoms with E-state index in [-0.39, 0.29) is 0 Å². The molecule has 0 saturated heterocycles. The third-order valence-corrected chi connectivity index (χ3v) is 10.9. The monoisotopic (exact) mass is 282 g/mol. The molecular formula is C19H26Si. The van der Waals surface area contributed by atoms with Gasteiger partial charge in [0.05, 0.1) is 0 Å². The van der Waals surface area contributed by atoms with E-state index in [2.05, 4.69) is 56.0 Å². The van der Waals surface area contributed by atoms with Crippen LogP contribution in [0, 0.1) is 0 Å². The van der Waals surface area contributed by atoms with Crippen LogP contribution in [0.5, 0.6) is 0 Å². The molecule has 0 spiro atoms. The van der Waals surface area contributed by atoms with Crippen molar-refractivity contribution in [3.05, 3.63) is 53.3 Å². The molecule has 0 radical (unpaired) electrons. The van der Waals surface area contributed by atoms with Crippen LogP contribution >= 0.6 is 0 Å². The Labute approximate surface area is 124 Å². The molecule has 20 heavy (non-hydrogen) atoms. The highest BCUT2D eigenvalue weighted by Gasteiger charge is 2.41. The smallest absolute Gasteiger partial charge is 0.0779 e. The van der Waals surface area contributed by atoms with Crippen LogP contribution < -0.4 is 5.19 Å². The van der Waals surface area contributed by atoms with E-state index in [1.165, 1.54) is 44.1 Å². The summed E-state index contributed by atoms with van der Waals surface area (Å²) in [7, 11) is -1.52. The Bertz CT molecular complexity index is 520. The largest absolute Gasteiger partial charge is 0.113 e. The van der Waals surface area contributed by atoms with Crippen LogP contribution in [0.3, 0.4) is 0 Å². The van der Waals surface area contributed by atoms with Gasteiger partial charge in [0.2, 0.25) is 0 Å². The number of allylic oxidation sites excluding steroid dienone is 4. The Morgan fingerprint density at radius 2 is 1.70 bits per heavy atom. The van der Waals surface area contributed by atoms with Crippen LogP contribution in [-0.2, 0) is 0 Å². The SMILES string of the molecule is CC1=CCC([Si](C)(c2ccccc2)C2CCCCC2)=C1. The van der Waals surface area contributed by atoms with Crippen molar-refractivity contribution in [1.82, 2.24) is 0 Å². The molecule has 106 valence electrons. The van der Waals surface area contributed by atoms with Crippen molar-refractivity contribution >= 4 is 13.3 Å². The molecular weight excluding hydrogens is 256 g/mol. The lowest BCUT2D eigenvalue weighted by molar-refractivity contribution is 0.494. The second-order valence-electron chi connectivity index (χ2n) is 6.73. The summed E-state index contributed by atoms with van der Waals surface area (Å²) in [6.45, 7) is 4.89. The molecule has 1 heteroatoms. The minimum Gasteiger partial charge on any atom is -0.0779 e. The van der Waals surface area contributed by atoms with E-state index >= 15 is 0 Å². The van der Waals surface area contributed by atoms with Gasteiger partial charge in [-0.05, 0) is 18.9 Å². The van der Waals surface area contributed by atoms with E-state index in [1.54, 1.807) is 10.4 Å². The first-order valence-corrected chi connectivity index (χ1v) is 10.7. The molecule has 0 aliphatic heterocycles. The van der Waals surface area contributed by atoms with Crippen molar-refractivity contribution in [3.63, 3.8) is 0 Å². The van der Waals surface area contributed by atoms with Crippen molar-refractivity contribution in [2.75, 3.05) is 0 Å². The number of benzene rings is 1. The standard InChI is InChI=1S/C19H26Si/c1-16-13-14-19(15-16)20(2,17-9-5-3-6-10-17)18-11-7-4-8-12-18/h3,5-6,9-10,13,15,18H,4,7-8,11-12,14H2,1-2H3. The molecule has 1 unspecified atom stereocenters. The van der Waals surface area contributed by atoms with Crippen molar-refractivity contribution in [2.45, 2.75) is 57.5 Å². The average Bonchev–Trinajstić information content (AvgIpc) is 2.95. The highest BCUT2D eigenvalue weighted by Crippen LogP contribution is 2.42. The molecule has 0 aromatic heterocycles. The second-order valence-corrected chi connectivity index (χ2v) is 11.2. The predicted octanol–water partition coefficient (Wildman–Crippen LogP) is 5.12. The molecule has 2 aliphatic carbocycles. The normalized spacial score (nSPS) is 23.1. The topological polar surface area (TPSA) is 0 Å². The predicted molar refractivity (Wildman–Crippen MR) is 91.0 cm³/mol. The highest BCUT2D eigenvalue weighted by atomic mass is 28.3. The third kappa shape index (κ3) is 2.44. The molecule has 3 rings (SSSR count). The van der Waals surface area contributed by atoms with Crippen LogP contribution in [0.25, 0.3) is 0 Å². The van der Waals surface area contributed by atoms with E-state index in [1.807, 2.05) is 0 Å². The van der Waals surface area contributed by atoms with Crippen molar-refractivity contribution in [1.29, 1.82) is 0 Å². The van der Waals surface area contributed by atoms with E-state index < -0.39 is 8.07 Å². The van der Waals surface area contributed by atoms with Gasteiger partial charge in [-0.3, -0.25) is 0 Å². The fourth-order valence-corrected chi connectivity index (χ4v) is 9.04. The maximum atomic E-state index is 2.64. The molecule has 0 amide bonds. The minimum atomic E-state index is -1.52. The maximum absolute atomic E-state index is 2.64. The summed E-state index contributed by atoms with van der Waals surface area (Å²) in [5, 5.41) is 3.43. The van der Waals surface area contributed by atoms with Crippen molar-refractivity contribution < 1.29 is 0 Å². The summed E-state index contributed by atoms with van der Waals surface area (Å²) >= 11 is 0. The molecule has 1 aromatic rings. The first-order chi connectivity index (χ1) is 9.71. The summed E-state index contributed by atoms with van der Waals surface area (Å²) in [4.78, 5) is 0. The molecule has 1 aromatic carbocycles. The van der Waals surface area contributed by atoms with Gasteiger partial charge in [-0.25, -0.2) is 0 Å². The zero-order valence-corrected chi connectivity index (χ0v) is 13.9. The third-order valence-electron chi connectivity index (χ3n) is 5.51. The molecule has 0 heterocycles. The Kier molecular flexibility index (Phi) is 3.98. The van der Waals surface area contributed by atoms with Gasteiger partial charge in [0, 0.05) is 0 Å². The molecule has 1 fully saturated rings. The van der Waals surface area contributed by atoms with Crippen LogP contribution in [-0.4, -0.2) is 8.07 Å². The lowest BCUT2D eigenvalue weighted by Crippen LogP contribution is -2.51. The highest BCUT2D eigenvalue weighted by molar-refractivity contribution is 6.97. The second kappa shape index (κ2) is 5.73. The number of rotatable bonds is 3. The Morgan fingerprint density at radius 1 is 1.00 bits per heavy atom. The van der Waals surface area contributed by atoms with E-state index in [4.69, 9.17) is 0 Å². The lowest BCUT2D eigenvalue weighted by atomic mass is 10.0. The van der Waals surface area contributed by atoms with E-state index in [9.17, 15) is 0 Å². The van der Waals surface area contributed by atoms with Gasteiger partial charge < -0.3 is 0 Å². The molecule has 1 saturated carbocycles.